The molecule has 2 rings (SSSR count). The van der Waals surface area contributed by atoms with E-state index in [9.17, 15) is 9.59 Å². The van der Waals surface area contributed by atoms with Crippen LogP contribution in [0.25, 0.3) is 0 Å². The molecule has 1 fully saturated rings. The topological polar surface area (TPSA) is 43.4 Å². The highest BCUT2D eigenvalue weighted by Gasteiger charge is 2.44. The molecule has 1 aliphatic carbocycles. The number of carbonyl (C=O) groups is 2. The molecule has 19 heavy (non-hydrogen) atoms. The van der Waals surface area contributed by atoms with Crippen LogP contribution in [0.2, 0.25) is 5.02 Å². The molecule has 0 aliphatic heterocycles. The number of hydrogen-bond acceptors (Lipinski definition) is 4. The zero-order valence-electron chi connectivity index (χ0n) is 10.6. The van der Waals surface area contributed by atoms with Gasteiger partial charge in [-0.3, -0.25) is 9.59 Å². The van der Waals surface area contributed by atoms with Crippen LogP contribution in [-0.2, 0) is 9.53 Å². The fourth-order valence-corrected chi connectivity index (χ4v) is 3.53. The Labute approximate surface area is 121 Å². The van der Waals surface area contributed by atoms with Gasteiger partial charge in [-0.25, -0.2) is 0 Å². The molecule has 0 atom stereocenters. The van der Waals surface area contributed by atoms with Crippen LogP contribution in [0.15, 0.2) is 23.1 Å². The third-order valence-electron chi connectivity index (χ3n) is 3.37. The minimum atomic E-state index is -0.167. The van der Waals surface area contributed by atoms with Gasteiger partial charge in [0, 0.05) is 16.2 Å². The molecule has 0 aromatic heterocycles. The predicted octanol–water partition coefficient (Wildman–Crippen LogP) is 3.59. The Morgan fingerprint density at radius 2 is 2.26 bits per heavy atom. The van der Waals surface area contributed by atoms with Crippen LogP contribution < -0.4 is 0 Å². The molecule has 102 valence electrons. The first-order chi connectivity index (χ1) is 9.10. The lowest BCUT2D eigenvalue weighted by atomic mass is 10.1. The summed E-state index contributed by atoms with van der Waals surface area (Å²) in [7, 11) is 1.41. The Balaban J connectivity index is 2.01. The Hall–Kier alpha value is -1.00. The van der Waals surface area contributed by atoms with Crippen molar-refractivity contribution in [1.29, 1.82) is 0 Å². The van der Waals surface area contributed by atoms with E-state index in [-0.39, 0.29) is 11.4 Å². The number of methoxy groups -OCH3 is 1. The number of hydrogen-bond donors (Lipinski definition) is 0. The van der Waals surface area contributed by atoms with E-state index >= 15 is 0 Å². The maximum Gasteiger partial charge on any atom is 0.306 e. The summed E-state index contributed by atoms with van der Waals surface area (Å²) in [6, 6.07) is 5.42. The summed E-state index contributed by atoms with van der Waals surface area (Å²) in [6.07, 6.45) is 3.30. The standard InChI is InChI=1S/C14H15ClO3S/c1-18-13(17)7-14(5-6-14)9-19-12-4-2-3-11(15)10(12)8-16/h2-4,8H,5-7,9H2,1H3. The lowest BCUT2D eigenvalue weighted by molar-refractivity contribution is -0.141. The number of halogens is 1. The van der Waals surface area contributed by atoms with E-state index in [0.717, 1.165) is 29.8 Å². The Bertz CT molecular complexity index is 497. The van der Waals surface area contributed by atoms with Gasteiger partial charge in [0.25, 0.3) is 0 Å². The van der Waals surface area contributed by atoms with Crippen LogP contribution in [0.4, 0.5) is 0 Å². The molecule has 0 unspecified atom stereocenters. The second kappa shape index (κ2) is 5.97. The molecule has 5 heteroatoms. The third-order valence-corrected chi connectivity index (χ3v) is 5.12. The van der Waals surface area contributed by atoms with E-state index in [2.05, 4.69) is 0 Å². The number of benzene rings is 1. The maximum absolute atomic E-state index is 11.3. The van der Waals surface area contributed by atoms with E-state index in [0.29, 0.717) is 17.0 Å². The first kappa shape index (κ1) is 14.4. The van der Waals surface area contributed by atoms with Gasteiger partial charge in [-0.2, -0.15) is 0 Å². The van der Waals surface area contributed by atoms with Crippen molar-refractivity contribution in [2.75, 3.05) is 12.9 Å². The van der Waals surface area contributed by atoms with Gasteiger partial charge >= 0.3 is 5.97 Å². The Kier molecular flexibility index (Phi) is 4.53. The summed E-state index contributed by atoms with van der Waals surface area (Å²) in [6.45, 7) is 0. The molecule has 0 spiro atoms. The van der Waals surface area contributed by atoms with Crippen molar-refractivity contribution in [3.05, 3.63) is 28.8 Å². The zero-order valence-corrected chi connectivity index (χ0v) is 12.2. The van der Waals surface area contributed by atoms with Crippen LogP contribution >= 0.6 is 23.4 Å². The van der Waals surface area contributed by atoms with Gasteiger partial charge in [-0.05, 0) is 30.4 Å². The van der Waals surface area contributed by atoms with Gasteiger partial charge in [-0.15, -0.1) is 11.8 Å². The minimum absolute atomic E-state index is 0.0419. The Morgan fingerprint density at radius 1 is 1.53 bits per heavy atom. The maximum atomic E-state index is 11.3. The van der Waals surface area contributed by atoms with Crippen LogP contribution in [0, 0.1) is 5.41 Å². The number of thioether (sulfide) groups is 1. The first-order valence-corrected chi connectivity index (χ1v) is 7.40. The molecular formula is C14H15ClO3S. The van der Waals surface area contributed by atoms with Gasteiger partial charge in [0.05, 0.1) is 18.6 Å². The van der Waals surface area contributed by atoms with Crippen LogP contribution in [0.1, 0.15) is 29.6 Å². The number of carbonyl (C=O) groups excluding carboxylic acids is 2. The molecule has 0 bridgehead atoms. The second-order valence-corrected chi connectivity index (χ2v) is 6.24. The van der Waals surface area contributed by atoms with Gasteiger partial charge in [0.2, 0.25) is 0 Å². The normalized spacial score (nSPS) is 15.9. The minimum Gasteiger partial charge on any atom is -0.469 e. The summed E-state index contributed by atoms with van der Waals surface area (Å²) in [5.74, 6) is 0.642. The number of aldehydes is 1. The lowest BCUT2D eigenvalue weighted by Crippen LogP contribution is -2.13. The van der Waals surface area contributed by atoms with Crippen molar-refractivity contribution in [2.24, 2.45) is 5.41 Å². The zero-order chi connectivity index (χ0) is 13.9. The molecule has 0 amide bonds. The van der Waals surface area contributed by atoms with Gasteiger partial charge in [0.1, 0.15) is 0 Å². The summed E-state index contributed by atoms with van der Waals surface area (Å²) in [4.78, 5) is 23.3. The molecule has 0 radical (unpaired) electrons. The average molecular weight is 299 g/mol. The quantitative estimate of drug-likeness (QED) is 0.457. The van der Waals surface area contributed by atoms with E-state index in [4.69, 9.17) is 16.3 Å². The fourth-order valence-electron chi connectivity index (χ4n) is 1.92. The first-order valence-electron chi connectivity index (χ1n) is 6.03. The lowest BCUT2D eigenvalue weighted by Gasteiger charge is -2.14. The molecular weight excluding hydrogens is 284 g/mol. The highest BCUT2D eigenvalue weighted by atomic mass is 35.5. The second-order valence-electron chi connectivity index (χ2n) is 4.81. The SMILES string of the molecule is COC(=O)CC1(CSc2cccc(Cl)c2C=O)CC1. The number of rotatable bonds is 6. The van der Waals surface area contributed by atoms with Crippen LogP contribution in [0.3, 0.4) is 0 Å². The van der Waals surface area contributed by atoms with Gasteiger partial charge in [0.15, 0.2) is 6.29 Å². The van der Waals surface area contributed by atoms with Crippen LogP contribution in [0.5, 0.6) is 0 Å². The largest absolute Gasteiger partial charge is 0.469 e. The monoisotopic (exact) mass is 298 g/mol. The predicted molar refractivity (Wildman–Crippen MR) is 75.9 cm³/mol. The molecule has 1 aromatic carbocycles. The molecule has 1 aromatic rings. The van der Waals surface area contributed by atoms with E-state index < -0.39 is 0 Å². The van der Waals surface area contributed by atoms with Gasteiger partial charge < -0.3 is 4.74 Å². The van der Waals surface area contributed by atoms with Crippen LogP contribution in [-0.4, -0.2) is 25.1 Å². The van der Waals surface area contributed by atoms with E-state index in [1.807, 2.05) is 12.1 Å². The van der Waals surface area contributed by atoms with E-state index in [1.165, 1.54) is 7.11 Å². The summed E-state index contributed by atoms with van der Waals surface area (Å²) in [5, 5.41) is 0.470. The number of esters is 1. The summed E-state index contributed by atoms with van der Waals surface area (Å²) < 4.78 is 4.72. The molecule has 1 aliphatic rings. The third kappa shape index (κ3) is 3.51. The van der Waals surface area contributed by atoms with Gasteiger partial charge in [-0.1, -0.05) is 17.7 Å². The summed E-state index contributed by atoms with van der Waals surface area (Å²) in [5.41, 5.74) is 0.572. The van der Waals surface area contributed by atoms with Crippen molar-refractivity contribution < 1.29 is 14.3 Å². The van der Waals surface area contributed by atoms with Crippen molar-refractivity contribution in [1.82, 2.24) is 0 Å². The van der Waals surface area contributed by atoms with Crippen molar-refractivity contribution in [2.45, 2.75) is 24.2 Å². The smallest absolute Gasteiger partial charge is 0.306 e. The number of ether oxygens (including phenoxy) is 1. The Morgan fingerprint density at radius 3 is 2.84 bits per heavy atom. The molecule has 3 nitrogen and oxygen atoms in total. The van der Waals surface area contributed by atoms with E-state index in [1.54, 1.807) is 17.8 Å². The highest BCUT2D eigenvalue weighted by Crippen LogP contribution is 2.52. The molecule has 0 saturated heterocycles. The fraction of sp³-hybridized carbons (Fsp3) is 0.429. The molecule has 0 N–H and O–H groups in total. The highest BCUT2D eigenvalue weighted by molar-refractivity contribution is 7.99. The molecule has 0 heterocycles. The summed E-state index contributed by atoms with van der Waals surface area (Å²) >= 11 is 7.57. The van der Waals surface area contributed by atoms with Crippen molar-refractivity contribution in [3.63, 3.8) is 0 Å². The van der Waals surface area contributed by atoms with Crippen molar-refractivity contribution in [3.8, 4) is 0 Å². The average Bonchev–Trinajstić information content (AvgIpc) is 3.16. The van der Waals surface area contributed by atoms with Crippen molar-refractivity contribution >= 4 is 35.6 Å². The molecule has 1 saturated carbocycles.